The van der Waals surface area contributed by atoms with Crippen molar-refractivity contribution in [2.24, 2.45) is 0 Å². The molecule has 5 nitrogen and oxygen atoms in total. The van der Waals surface area contributed by atoms with E-state index in [-0.39, 0.29) is 18.1 Å². The van der Waals surface area contributed by atoms with E-state index in [9.17, 15) is 9.90 Å². The molecule has 6 heteroatoms. The standard InChI is InChI=1S/C24H42N2O3S/c1-3-5-6-7-8-9-10-11-12-13-14-15-16-22(21(27)17-18-23(28)29)30-24-25-19-20-26(24)4-2/h15-16,19-22,27H,3-14,17-18H2,1-2H3,(H,28,29)/b16-15-. The maximum atomic E-state index is 10.9. The molecule has 2 unspecified atom stereocenters. The van der Waals surface area contributed by atoms with Crippen LogP contribution in [0.2, 0.25) is 0 Å². The molecule has 30 heavy (non-hydrogen) atoms. The van der Waals surface area contributed by atoms with Gasteiger partial charge >= 0.3 is 5.97 Å². The Morgan fingerprint density at radius 1 is 1.10 bits per heavy atom. The van der Waals surface area contributed by atoms with Gasteiger partial charge in [-0.2, -0.15) is 0 Å². The Morgan fingerprint density at radius 2 is 1.73 bits per heavy atom. The van der Waals surface area contributed by atoms with E-state index in [1.54, 1.807) is 6.20 Å². The van der Waals surface area contributed by atoms with Gasteiger partial charge in [0.1, 0.15) is 0 Å². The molecular weight excluding hydrogens is 396 g/mol. The predicted molar refractivity (Wildman–Crippen MR) is 126 cm³/mol. The molecule has 0 spiro atoms. The molecule has 1 rings (SSSR count). The van der Waals surface area contributed by atoms with Crippen LogP contribution in [0.1, 0.15) is 97.3 Å². The third-order valence-electron chi connectivity index (χ3n) is 5.34. The van der Waals surface area contributed by atoms with Crippen LogP contribution in [-0.2, 0) is 11.3 Å². The normalized spacial score (nSPS) is 13.7. The lowest BCUT2D eigenvalue weighted by Crippen LogP contribution is -2.22. The summed E-state index contributed by atoms with van der Waals surface area (Å²) in [6.45, 7) is 5.14. The Bertz CT molecular complexity index is 589. The molecule has 0 saturated carbocycles. The monoisotopic (exact) mass is 438 g/mol. The molecule has 0 aliphatic carbocycles. The van der Waals surface area contributed by atoms with Gasteiger partial charge in [0, 0.05) is 25.4 Å². The Balaban J connectivity index is 2.34. The second-order valence-corrected chi connectivity index (χ2v) is 9.12. The lowest BCUT2D eigenvalue weighted by atomic mass is 10.1. The second kappa shape index (κ2) is 17.4. The maximum Gasteiger partial charge on any atom is 0.303 e. The molecule has 172 valence electrons. The summed E-state index contributed by atoms with van der Waals surface area (Å²) in [5, 5.41) is 20.1. The Kier molecular flexibility index (Phi) is 15.5. The first-order valence-corrected chi connectivity index (χ1v) is 12.7. The summed E-state index contributed by atoms with van der Waals surface area (Å²) < 4.78 is 2.04. The number of carbonyl (C=O) groups is 1. The zero-order valence-electron chi connectivity index (χ0n) is 19.0. The molecule has 0 bridgehead atoms. The van der Waals surface area contributed by atoms with Gasteiger partial charge in [-0.1, -0.05) is 88.6 Å². The molecule has 2 atom stereocenters. The molecule has 0 radical (unpaired) electrons. The summed E-state index contributed by atoms with van der Waals surface area (Å²) in [6, 6.07) is 0. The van der Waals surface area contributed by atoms with Crippen LogP contribution >= 0.6 is 11.8 Å². The number of nitrogens with zero attached hydrogens (tertiary/aromatic N) is 2. The fourth-order valence-electron chi connectivity index (χ4n) is 3.44. The van der Waals surface area contributed by atoms with Gasteiger partial charge in [-0.15, -0.1) is 0 Å². The average Bonchev–Trinajstić information content (AvgIpc) is 3.19. The van der Waals surface area contributed by atoms with Gasteiger partial charge in [0.2, 0.25) is 0 Å². The Labute approximate surface area is 187 Å². The molecule has 1 aromatic rings. The first-order valence-electron chi connectivity index (χ1n) is 11.8. The summed E-state index contributed by atoms with van der Waals surface area (Å²) in [4.78, 5) is 15.2. The molecule has 0 fully saturated rings. The van der Waals surface area contributed by atoms with Crippen molar-refractivity contribution < 1.29 is 15.0 Å². The molecule has 0 saturated heterocycles. The average molecular weight is 439 g/mol. The summed E-state index contributed by atoms with van der Waals surface area (Å²) in [7, 11) is 0. The molecule has 2 N–H and O–H groups in total. The number of hydrogen-bond donors (Lipinski definition) is 2. The van der Waals surface area contributed by atoms with Crippen molar-refractivity contribution >= 4 is 17.7 Å². The van der Waals surface area contributed by atoms with Crippen molar-refractivity contribution in [2.45, 2.75) is 120 Å². The number of hydrogen-bond acceptors (Lipinski definition) is 4. The highest BCUT2D eigenvalue weighted by Crippen LogP contribution is 2.27. The highest BCUT2D eigenvalue weighted by molar-refractivity contribution is 8.00. The van der Waals surface area contributed by atoms with Crippen LogP contribution < -0.4 is 0 Å². The highest BCUT2D eigenvalue weighted by Gasteiger charge is 2.20. The van der Waals surface area contributed by atoms with E-state index in [2.05, 4.69) is 24.9 Å². The number of carboxylic acid groups (broad SMARTS) is 1. The van der Waals surface area contributed by atoms with Crippen molar-refractivity contribution in [3.8, 4) is 0 Å². The zero-order chi connectivity index (χ0) is 22.0. The predicted octanol–water partition coefficient (Wildman–Crippen LogP) is 6.46. The number of aliphatic hydroxyl groups excluding tert-OH is 1. The SMILES string of the molecule is CCCCCCCCCCCC/C=C\C(Sc1nccn1CC)C(O)CCC(=O)O. The summed E-state index contributed by atoms with van der Waals surface area (Å²) >= 11 is 1.51. The van der Waals surface area contributed by atoms with Crippen LogP contribution in [0.5, 0.6) is 0 Å². The number of rotatable bonds is 19. The van der Waals surface area contributed by atoms with Crippen molar-refractivity contribution in [1.29, 1.82) is 0 Å². The van der Waals surface area contributed by atoms with Crippen LogP contribution in [0.3, 0.4) is 0 Å². The number of aliphatic hydroxyl groups is 1. The number of aromatic nitrogens is 2. The van der Waals surface area contributed by atoms with Gasteiger partial charge in [0.05, 0.1) is 11.4 Å². The first-order chi connectivity index (χ1) is 14.6. The van der Waals surface area contributed by atoms with Crippen LogP contribution in [0, 0.1) is 0 Å². The van der Waals surface area contributed by atoms with E-state index in [4.69, 9.17) is 5.11 Å². The van der Waals surface area contributed by atoms with Crippen LogP contribution in [0.4, 0.5) is 0 Å². The number of carboxylic acids is 1. The number of unbranched alkanes of at least 4 members (excludes halogenated alkanes) is 10. The summed E-state index contributed by atoms with van der Waals surface area (Å²) in [5.74, 6) is -0.873. The van der Waals surface area contributed by atoms with Gasteiger partial charge in [-0.05, 0) is 26.2 Å². The van der Waals surface area contributed by atoms with Crippen molar-refractivity contribution in [1.82, 2.24) is 9.55 Å². The van der Waals surface area contributed by atoms with Gasteiger partial charge < -0.3 is 14.8 Å². The number of aliphatic carboxylic acids is 1. The van der Waals surface area contributed by atoms with Crippen LogP contribution in [-0.4, -0.2) is 37.1 Å². The van der Waals surface area contributed by atoms with Crippen LogP contribution in [0.25, 0.3) is 0 Å². The molecular formula is C24H42N2O3S. The highest BCUT2D eigenvalue weighted by atomic mass is 32.2. The minimum Gasteiger partial charge on any atom is -0.481 e. The number of imidazole rings is 1. The minimum atomic E-state index is -0.873. The van der Waals surface area contributed by atoms with E-state index in [1.165, 1.54) is 76.0 Å². The number of aryl methyl sites for hydroxylation is 1. The number of allylic oxidation sites excluding steroid dienone is 1. The quantitative estimate of drug-likeness (QED) is 0.147. The molecule has 1 heterocycles. The molecule has 0 amide bonds. The Morgan fingerprint density at radius 3 is 2.33 bits per heavy atom. The third-order valence-corrected chi connectivity index (χ3v) is 6.64. The summed E-state index contributed by atoms with van der Waals surface area (Å²) in [5.41, 5.74) is 0. The van der Waals surface area contributed by atoms with Crippen molar-refractivity contribution in [3.63, 3.8) is 0 Å². The minimum absolute atomic E-state index is 0.0211. The fourth-order valence-corrected chi connectivity index (χ4v) is 4.61. The van der Waals surface area contributed by atoms with Crippen molar-refractivity contribution in [3.05, 3.63) is 24.5 Å². The second-order valence-electron chi connectivity index (χ2n) is 7.98. The van der Waals surface area contributed by atoms with E-state index in [0.717, 1.165) is 18.1 Å². The molecule has 1 aromatic heterocycles. The topological polar surface area (TPSA) is 75.3 Å². The van der Waals surface area contributed by atoms with E-state index < -0.39 is 12.1 Å². The third kappa shape index (κ3) is 12.4. The zero-order valence-corrected chi connectivity index (χ0v) is 19.8. The maximum absolute atomic E-state index is 10.9. The van der Waals surface area contributed by atoms with E-state index in [1.807, 2.05) is 16.8 Å². The van der Waals surface area contributed by atoms with Gasteiger partial charge in [0.15, 0.2) is 5.16 Å². The molecule has 0 aliphatic heterocycles. The van der Waals surface area contributed by atoms with E-state index in [0.29, 0.717) is 0 Å². The van der Waals surface area contributed by atoms with E-state index >= 15 is 0 Å². The van der Waals surface area contributed by atoms with Gasteiger partial charge in [-0.3, -0.25) is 4.79 Å². The van der Waals surface area contributed by atoms with Gasteiger partial charge in [-0.25, -0.2) is 4.98 Å². The number of thioether (sulfide) groups is 1. The largest absolute Gasteiger partial charge is 0.481 e. The Hall–Kier alpha value is -1.27. The summed E-state index contributed by atoms with van der Waals surface area (Å²) in [6.07, 6.45) is 21.7. The van der Waals surface area contributed by atoms with Crippen LogP contribution in [0.15, 0.2) is 29.7 Å². The molecule has 0 aliphatic rings. The van der Waals surface area contributed by atoms with Crippen molar-refractivity contribution in [2.75, 3.05) is 0 Å². The lowest BCUT2D eigenvalue weighted by molar-refractivity contribution is -0.137. The fraction of sp³-hybridized carbons (Fsp3) is 0.750. The lowest BCUT2D eigenvalue weighted by Gasteiger charge is -2.19. The molecule has 0 aromatic carbocycles. The first kappa shape index (κ1) is 26.8. The smallest absolute Gasteiger partial charge is 0.303 e. The van der Waals surface area contributed by atoms with Gasteiger partial charge in [0.25, 0.3) is 0 Å².